The molecule has 45 heavy (non-hydrogen) atoms. The number of pyridine rings is 1. The van der Waals surface area contributed by atoms with Crippen LogP contribution in [-0.2, 0) is 22.4 Å². The van der Waals surface area contributed by atoms with Crippen molar-refractivity contribution >= 4 is 23.7 Å². The van der Waals surface area contributed by atoms with E-state index in [1.54, 1.807) is 4.90 Å². The number of piperidine rings is 1. The van der Waals surface area contributed by atoms with Crippen LogP contribution < -0.4 is 10.6 Å². The predicted octanol–water partition coefficient (Wildman–Crippen LogP) is 3.85. The summed E-state index contributed by atoms with van der Waals surface area (Å²) >= 11 is 0. The van der Waals surface area contributed by atoms with Crippen LogP contribution in [0.15, 0.2) is 36.5 Å². The molecule has 1 unspecified atom stereocenters. The lowest BCUT2D eigenvalue weighted by Gasteiger charge is -2.36. The number of rotatable bonds is 6. The zero-order valence-corrected chi connectivity index (χ0v) is 23.8. The Morgan fingerprint density at radius 2 is 1.67 bits per heavy atom. The van der Waals surface area contributed by atoms with Crippen molar-refractivity contribution in [2.45, 2.75) is 50.2 Å². The summed E-state index contributed by atoms with van der Waals surface area (Å²) in [4.78, 5) is 51.2. The standard InChI is InChI=1S/C28H30F7N6O4/c29-22-13-19(27(30,31)32)14-37-23(22)38-9-6-21(7-10-38)40-11-12-41(26(40)44,45-25(43)28(33,34)35)16-17-1-3-18(4-2-17)24(42)39-8-5-20(36)15-39/h1-4,13-14,20-21H,5-12,15-16,36H2/q+1/t20?,41-/m0/s1. The van der Waals surface area contributed by atoms with Crippen molar-refractivity contribution in [2.24, 2.45) is 5.73 Å². The van der Waals surface area contributed by atoms with E-state index in [-0.39, 0.29) is 56.8 Å². The molecule has 1 aromatic heterocycles. The van der Waals surface area contributed by atoms with Gasteiger partial charge in [-0.25, -0.2) is 19.0 Å². The second-order valence-electron chi connectivity index (χ2n) is 11.4. The number of hydrogen-bond donors (Lipinski definition) is 1. The topological polar surface area (TPSA) is 109 Å². The molecule has 10 nitrogen and oxygen atoms in total. The Morgan fingerprint density at radius 1 is 1.00 bits per heavy atom. The molecule has 3 saturated heterocycles. The Labute approximate surface area is 252 Å². The van der Waals surface area contributed by atoms with Crippen molar-refractivity contribution in [2.75, 3.05) is 44.2 Å². The average Bonchev–Trinajstić information content (AvgIpc) is 3.55. The normalized spacial score (nSPS) is 23.2. The fourth-order valence-corrected chi connectivity index (χ4v) is 5.92. The average molecular weight is 648 g/mol. The number of carbonyl (C=O) groups excluding carboxylic acids is 3. The largest absolute Gasteiger partial charge is 0.497 e. The summed E-state index contributed by atoms with van der Waals surface area (Å²) in [6, 6.07) is 4.73. The van der Waals surface area contributed by atoms with Crippen LogP contribution in [0.2, 0.25) is 0 Å². The number of anilines is 1. The maximum atomic E-state index is 14.5. The van der Waals surface area contributed by atoms with Crippen LogP contribution in [-0.4, -0.2) is 94.9 Å². The Balaban J connectivity index is 1.29. The number of benzene rings is 1. The van der Waals surface area contributed by atoms with Gasteiger partial charge in [0.05, 0.1) is 12.1 Å². The minimum atomic E-state index is -5.37. The van der Waals surface area contributed by atoms with Gasteiger partial charge >= 0.3 is 24.4 Å². The highest BCUT2D eigenvalue weighted by Gasteiger charge is 2.57. The molecule has 3 aliphatic heterocycles. The number of likely N-dealkylation sites (tertiary alicyclic amines) is 1. The molecule has 3 aliphatic rings. The number of hydroxylamine groups is 3. The summed E-state index contributed by atoms with van der Waals surface area (Å²) in [6.45, 7) is 0.323. The quantitative estimate of drug-likeness (QED) is 0.375. The zero-order valence-electron chi connectivity index (χ0n) is 23.8. The number of hydrogen-bond acceptors (Lipinski definition) is 7. The fourth-order valence-electron chi connectivity index (χ4n) is 5.92. The van der Waals surface area contributed by atoms with E-state index in [4.69, 9.17) is 10.6 Å². The van der Waals surface area contributed by atoms with Gasteiger partial charge in [-0.3, -0.25) is 14.5 Å². The highest BCUT2D eigenvalue weighted by Crippen LogP contribution is 2.34. The van der Waals surface area contributed by atoms with E-state index in [9.17, 15) is 45.1 Å². The van der Waals surface area contributed by atoms with Gasteiger partial charge in [0.25, 0.3) is 5.91 Å². The van der Waals surface area contributed by atoms with E-state index in [1.165, 1.54) is 34.1 Å². The Hall–Kier alpha value is -3.99. The summed E-state index contributed by atoms with van der Waals surface area (Å²) in [7, 11) is 0. The van der Waals surface area contributed by atoms with Gasteiger partial charge in [-0.1, -0.05) is 12.1 Å². The van der Waals surface area contributed by atoms with Crippen molar-refractivity contribution < 1.29 is 54.6 Å². The lowest BCUT2D eigenvalue weighted by molar-refractivity contribution is -1.03. The number of alkyl halides is 6. The molecule has 0 aliphatic carbocycles. The summed E-state index contributed by atoms with van der Waals surface area (Å²) in [5.41, 5.74) is 5.30. The van der Waals surface area contributed by atoms with Crippen LogP contribution in [0.25, 0.3) is 0 Å². The number of nitrogens with zero attached hydrogens (tertiary/aromatic N) is 5. The molecule has 0 saturated carbocycles. The highest BCUT2D eigenvalue weighted by molar-refractivity contribution is 5.94. The third-order valence-corrected chi connectivity index (χ3v) is 8.29. The van der Waals surface area contributed by atoms with E-state index in [1.807, 2.05) is 0 Å². The van der Waals surface area contributed by atoms with Crippen LogP contribution >= 0.6 is 0 Å². The molecule has 1 aromatic carbocycles. The smallest absolute Gasteiger partial charge is 0.354 e. The van der Waals surface area contributed by atoms with Gasteiger partial charge in [0.15, 0.2) is 18.2 Å². The monoisotopic (exact) mass is 647 g/mol. The number of carbonyl (C=O) groups is 3. The SMILES string of the molecule is NC1CCN(C(=O)c2ccc(C[N@@+]3(OC(=O)C(F)(F)F)CCN(C4CCN(c5ncc(C(F)(F)F)cc5F)CC4)C3=O)cc2)C1. The third-order valence-electron chi connectivity index (χ3n) is 8.29. The minimum absolute atomic E-state index is 0.0483. The van der Waals surface area contributed by atoms with E-state index in [0.29, 0.717) is 42.9 Å². The van der Waals surface area contributed by atoms with Crippen molar-refractivity contribution in [3.63, 3.8) is 0 Å². The lowest BCUT2D eigenvalue weighted by atomic mass is 10.0. The molecule has 244 valence electrons. The van der Waals surface area contributed by atoms with E-state index >= 15 is 0 Å². The number of amides is 3. The van der Waals surface area contributed by atoms with Crippen LogP contribution in [0.4, 0.5) is 41.3 Å². The minimum Gasteiger partial charge on any atom is -0.354 e. The molecule has 2 N–H and O–H groups in total. The van der Waals surface area contributed by atoms with Crippen LogP contribution in [0.5, 0.6) is 0 Å². The molecule has 5 rings (SSSR count). The fraction of sp³-hybridized carbons (Fsp3) is 0.500. The Bertz CT molecular complexity index is 1450. The first kappa shape index (κ1) is 32.4. The van der Waals surface area contributed by atoms with Crippen molar-refractivity contribution in [1.82, 2.24) is 14.8 Å². The Morgan fingerprint density at radius 3 is 2.22 bits per heavy atom. The lowest BCUT2D eigenvalue weighted by Crippen LogP contribution is -2.55. The van der Waals surface area contributed by atoms with Gasteiger partial charge in [0.2, 0.25) is 0 Å². The second-order valence-corrected chi connectivity index (χ2v) is 11.4. The van der Waals surface area contributed by atoms with Crippen LogP contribution in [0.3, 0.4) is 0 Å². The Kier molecular flexibility index (Phi) is 8.70. The molecule has 0 spiro atoms. The van der Waals surface area contributed by atoms with Gasteiger partial charge in [-0.2, -0.15) is 26.3 Å². The molecule has 2 aromatic rings. The van der Waals surface area contributed by atoms with Crippen molar-refractivity contribution in [3.05, 3.63) is 59.0 Å². The summed E-state index contributed by atoms with van der Waals surface area (Å²) < 4.78 is 91.7. The van der Waals surface area contributed by atoms with Gasteiger partial charge in [-0.15, -0.1) is 0 Å². The maximum absolute atomic E-state index is 14.5. The molecular weight excluding hydrogens is 617 g/mol. The first-order valence-corrected chi connectivity index (χ1v) is 14.2. The molecule has 4 heterocycles. The van der Waals surface area contributed by atoms with Gasteiger partial charge in [-0.05, 0) is 42.1 Å². The highest BCUT2D eigenvalue weighted by atomic mass is 19.4. The van der Waals surface area contributed by atoms with E-state index < -0.39 is 53.0 Å². The van der Waals surface area contributed by atoms with Gasteiger partial charge in [0, 0.05) is 55.6 Å². The molecule has 3 amide bonds. The van der Waals surface area contributed by atoms with Gasteiger partial charge < -0.3 is 15.5 Å². The van der Waals surface area contributed by atoms with Crippen LogP contribution in [0, 0.1) is 5.82 Å². The zero-order chi connectivity index (χ0) is 32.7. The number of nitrogens with two attached hydrogens (primary N) is 1. The third kappa shape index (κ3) is 6.83. The first-order chi connectivity index (χ1) is 21.1. The molecular formula is C28H30F7N6O4+. The van der Waals surface area contributed by atoms with E-state index in [2.05, 4.69) is 4.98 Å². The predicted molar refractivity (Wildman–Crippen MR) is 142 cm³/mol. The van der Waals surface area contributed by atoms with Crippen molar-refractivity contribution in [3.8, 4) is 0 Å². The molecule has 0 bridgehead atoms. The summed E-state index contributed by atoms with van der Waals surface area (Å²) in [5.74, 6) is -4.24. The number of aromatic nitrogens is 1. The molecule has 17 heteroatoms. The van der Waals surface area contributed by atoms with Crippen LogP contribution in [0.1, 0.15) is 40.7 Å². The van der Waals surface area contributed by atoms with Crippen molar-refractivity contribution in [1.29, 1.82) is 0 Å². The maximum Gasteiger partial charge on any atom is 0.497 e. The number of urea groups is 1. The number of halogens is 7. The summed E-state index contributed by atoms with van der Waals surface area (Å²) in [6.07, 6.45) is -8.53. The molecule has 0 radical (unpaired) electrons. The second kappa shape index (κ2) is 12.1. The summed E-state index contributed by atoms with van der Waals surface area (Å²) in [5, 5.41) is 0. The molecule has 3 fully saturated rings. The number of quaternary nitrogens is 1. The van der Waals surface area contributed by atoms with E-state index in [0.717, 1.165) is 0 Å². The van der Waals surface area contributed by atoms with Gasteiger partial charge in [0.1, 0.15) is 6.54 Å². The first-order valence-electron chi connectivity index (χ1n) is 14.2. The molecule has 2 atom stereocenters.